The summed E-state index contributed by atoms with van der Waals surface area (Å²) in [5.74, 6) is 2.15. The van der Waals surface area contributed by atoms with Crippen molar-refractivity contribution in [2.75, 3.05) is 26.7 Å². The van der Waals surface area contributed by atoms with Crippen LogP contribution in [0.1, 0.15) is 35.0 Å². The fraction of sp³-hybridized carbons (Fsp3) is 0.417. The maximum absolute atomic E-state index is 12.2. The number of aryl methyl sites for hydroxylation is 1. The Morgan fingerprint density at radius 2 is 2.13 bits per heavy atom. The Bertz CT molecular complexity index is 1040. The summed E-state index contributed by atoms with van der Waals surface area (Å²) in [5.41, 5.74) is 3.39. The van der Waals surface area contributed by atoms with Crippen molar-refractivity contribution in [1.29, 1.82) is 0 Å². The lowest BCUT2D eigenvalue weighted by Crippen LogP contribution is -2.56. The summed E-state index contributed by atoms with van der Waals surface area (Å²) < 4.78 is 12.5. The fourth-order valence-electron chi connectivity index (χ4n) is 5.12. The second-order valence-corrected chi connectivity index (χ2v) is 8.53. The van der Waals surface area contributed by atoms with E-state index in [4.69, 9.17) is 14.3 Å². The van der Waals surface area contributed by atoms with Gasteiger partial charge in [-0.3, -0.25) is 14.4 Å². The topological polar surface area (TPSA) is 72.5 Å². The van der Waals surface area contributed by atoms with E-state index in [-0.39, 0.29) is 5.91 Å². The van der Waals surface area contributed by atoms with Crippen molar-refractivity contribution in [1.82, 2.24) is 20.0 Å². The first kappa shape index (κ1) is 19.9. The summed E-state index contributed by atoms with van der Waals surface area (Å²) in [7, 11) is 3.72. The molecule has 2 aromatic heterocycles. The number of carbonyl (C=O) groups excluding carboxylic acids is 1. The predicted octanol–water partition coefficient (Wildman–Crippen LogP) is 3.30. The molecule has 7 heteroatoms. The van der Waals surface area contributed by atoms with Gasteiger partial charge in [0.1, 0.15) is 5.75 Å². The van der Waals surface area contributed by atoms with Crippen molar-refractivity contribution < 1.29 is 13.9 Å². The van der Waals surface area contributed by atoms with E-state index in [1.54, 1.807) is 19.2 Å². The number of methoxy groups -OCH3 is 1. The first-order chi connectivity index (χ1) is 15.1. The Hall–Kier alpha value is -3.06. The van der Waals surface area contributed by atoms with Gasteiger partial charge in [-0.1, -0.05) is 0 Å². The second kappa shape index (κ2) is 8.23. The molecule has 2 bridgehead atoms. The SMILES string of the molecule is COc1ccc(-c2cc([C@H]3CN4CC[C@H]3C[C@@H]4CNC(=O)c3ccco3)n(C)n2)cc1. The third-order valence-corrected chi connectivity index (χ3v) is 6.80. The van der Waals surface area contributed by atoms with E-state index >= 15 is 0 Å². The van der Waals surface area contributed by atoms with Crippen LogP contribution in [0.2, 0.25) is 0 Å². The summed E-state index contributed by atoms with van der Waals surface area (Å²) in [6, 6.07) is 14.1. The second-order valence-electron chi connectivity index (χ2n) is 8.53. The molecule has 1 aromatic carbocycles. The van der Waals surface area contributed by atoms with Gasteiger partial charge >= 0.3 is 0 Å². The van der Waals surface area contributed by atoms with Crippen LogP contribution in [0.5, 0.6) is 5.75 Å². The monoisotopic (exact) mass is 420 g/mol. The van der Waals surface area contributed by atoms with Crippen LogP contribution < -0.4 is 10.1 Å². The lowest BCUT2D eigenvalue weighted by molar-refractivity contribution is 0.0278. The maximum atomic E-state index is 12.2. The number of nitrogens with one attached hydrogen (secondary N) is 1. The highest BCUT2D eigenvalue weighted by molar-refractivity contribution is 5.91. The quantitative estimate of drug-likeness (QED) is 0.663. The van der Waals surface area contributed by atoms with Gasteiger partial charge in [0.25, 0.3) is 5.91 Å². The molecule has 31 heavy (non-hydrogen) atoms. The minimum Gasteiger partial charge on any atom is -0.497 e. The molecule has 0 aliphatic carbocycles. The fourth-order valence-corrected chi connectivity index (χ4v) is 5.12. The number of rotatable bonds is 6. The molecule has 5 heterocycles. The van der Waals surface area contributed by atoms with E-state index in [2.05, 4.69) is 28.4 Å². The van der Waals surface area contributed by atoms with Crippen molar-refractivity contribution in [2.24, 2.45) is 13.0 Å². The number of piperidine rings is 3. The highest BCUT2D eigenvalue weighted by Crippen LogP contribution is 2.42. The number of amides is 1. The number of ether oxygens (including phenoxy) is 1. The number of carbonyl (C=O) groups is 1. The summed E-state index contributed by atoms with van der Waals surface area (Å²) in [4.78, 5) is 14.7. The van der Waals surface area contributed by atoms with Gasteiger partial charge in [0.05, 0.1) is 19.1 Å². The van der Waals surface area contributed by atoms with E-state index in [1.165, 1.54) is 18.4 Å². The molecule has 6 rings (SSSR count). The standard InChI is InChI=1S/C24H28N4O3/c1-27-22(13-21(26-27)16-5-7-19(30-2)8-6-16)20-15-28-10-9-17(20)12-18(28)14-25-24(29)23-4-3-11-31-23/h3-8,11,13,17-18,20H,9-10,12,14-15H2,1-2H3,(H,25,29)/t17-,18+,20-/m0/s1. The van der Waals surface area contributed by atoms with Crippen LogP contribution in [0.15, 0.2) is 53.1 Å². The maximum Gasteiger partial charge on any atom is 0.287 e. The zero-order valence-corrected chi connectivity index (χ0v) is 18.0. The van der Waals surface area contributed by atoms with Crippen LogP contribution in [0.4, 0.5) is 0 Å². The Balaban J connectivity index is 1.26. The molecule has 162 valence electrons. The Morgan fingerprint density at radius 1 is 1.29 bits per heavy atom. The Kier molecular flexibility index (Phi) is 5.28. The molecule has 1 amide bonds. The van der Waals surface area contributed by atoms with Crippen LogP contribution in [0, 0.1) is 5.92 Å². The minimum atomic E-state index is -0.139. The highest BCUT2D eigenvalue weighted by Gasteiger charge is 2.41. The molecule has 3 saturated heterocycles. The molecule has 3 aromatic rings. The van der Waals surface area contributed by atoms with Gasteiger partial charge in [0.15, 0.2) is 5.76 Å². The average Bonchev–Trinajstić information content (AvgIpc) is 3.48. The van der Waals surface area contributed by atoms with Crippen molar-refractivity contribution in [3.8, 4) is 17.0 Å². The van der Waals surface area contributed by atoms with Gasteiger partial charge in [-0.25, -0.2) is 0 Å². The number of furan rings is 1. The first-order valence-corrected chi connectivity index (χ1v) is 10.9. The van der Waals surface area contributed by atoms with E-state index in [0.29, 0.717) is 30.2 Å². The molecule has 0 radical (unpaired) electrons. The molecule has 0 saturated carbocycles. The predicted molar refractivity (Wildman–Crippen MR) is 117 cm³/mol. The lowest BCUT2D eigenvalue weighted by atomic mass is 9.74. The number of fused-ring (bicyclic) bond motifs is 3. The number of hydrogen-bond acceptors (Lipinski definition) is 5. The minimum absolute atomic E-state index is 0.139. The average molecular weight is 421 g/mol. The third-order valence-electron chi connectivity index (χ3n) is 6.80. The number of nitrogens with zero attached hydrogens (tertiary/aromatic N) is 3. The molecule has 1 unspecified atom stereocenters. The number of hydrogen-bond donors (Lipinski definition) is 1. The van der Waals surface area contributed by atoms with E-state index in [9.17, 15) is 4.79 Å². The summed E-state index contributed by atoms with van der Waals surface area (Å²) in [6.45, 7) is 2.75. The summed E-state index contributed by atoms with van der Waals surface area (Å²) in [5, 5.41) is 7.83. The van der Waals surface area contributed by atoms with Crippen molar-refractivity contribution in [3.63, 3.8) is 0 Å². The number of aromatic nitrogens is 2. The molecular formula is C24H28N4O3. The normalized spacial score (nSPS) is 24.8. The molecule has 1 N–H and O–H groups in total. The number of benzene rings is 1. The first-order valence-electron chi connectivity index (χ1n) is 10.9. The van der Waals surface area contributed by atoms with Crippen LogP contribution >= 0.6 is 0 Å². The van der Waals surface area contributed by atoms with E-state index < -0.39 is 0 Å². The highest BCUT2D eigenvalue weighted by atomic mass is 16.5. The van der Waals surface area contributed by atoms with Gasteiger partial charge in [0, 0.05) is 43.4 Å². The van der Waals surface area contributed by atoms with Gasteiger partial charge in [-0.05, 0) is 67.8 Å². The molecule has 3 fully saturated rings. The molecule has 4 atom stereocenters. The van der Waals surface area contributed by atoms with Gasteiger partial charge in [0.2, 0.25) is 0 Å². The van der Waals surface area contributed by atoms with Gasteiger partial charge in [-0.2, -0.15) is 5.10 Å². The molecule has 3 aliphatic heterocycles. The smallest absolute Gasteiger partial charge is 0.287 e. The van der Waals surface area contributed by atoms with Crippen LogP contribution in [-0.4, -0.2) is 53.4 Å². The molecule has 7 nitrogen and oxygen atoms in total. The van der Waals surface area contributed by atoms with Crippen molar-refractivity contribution in [2.45, 2.75) is 24.8 Å². The van der Waals surface area contributed by atoms with Crippen molar-refractivity contribution in [3.05, 3.63) is 60.2 Å². The van der Waals surface area contributed by atoms with Crippen LogP contribution in [0.3, 0.4) is 0 Å². The van der Waals surface area contributed by atoms with Crippen LogP contribution in [-0.2, 0) is 7.05 Å². The zero-order chi connectivity index (χ0) is 21.4. The zero-order valence-electron chi connectivity index (χ0n) is 18.0. The summed E-state index contributed by atoms with van der Waals surface area (Å²) in [6.07, 6.45) is 3.81. The van der Waals surface area contributed by atoms with E-state index in [0.717, 1.165) is 36.5 Å². The Morgan fingerprint density at radius 3 is 2.81 bits per heavy atom. The Labute approximate surface area is 182 Å². The van der Waals surface area contributed by atoms with Gasteiger partial charge in [-0.15, -0.1) is 0 Å². The molecular weight excluding hydrogens is 392 g/mol. The lowest BCUT2D eigenvalue weighted by Gasteiger charge is -2.49. The van der Waals surface area contributed by atoms with E-state index in [1.807, 2.05) is 23.9 Å². The van der Waals surface area contributed by atoms with Crippen molar-refractivity contribution >= 4 is 5.91 Å². The van der Waals surface area contributed by atoms with Gasteiger partial charge < -0.3 is 14.5 Å². The van der Waals surface area contributed by atoms with Crippen LogP contribution in [0.25, 0.3) is 11.3 Å². The largest absolute Gasteiger partial charge is 0.497 e. The summed E-state index contributed by atoms with van der Waals surface area (Å²) >= 11 is 0. The third kappa shape index (κ3) is 3.85. The molecule has 0 spiro atoms. The molecule has 3 aliphatic rings.